The molecular weight excluding hydrogens is 406 g/mol. The van der Waals surface area contributed by atoms with Crippen molar-refractivity contribution in [2.75, 3.05) is 45.2 Å². The summed E-state index contributed by atoms with van der Waals surface area (Å²) >= 11 is 0. The molecule has 1 fully saturated rings. The number of anilines is 1. The maximum Gasteiger partial charge on any atom is 0.262 e. The van der Waals surface area contributed by atoms with Gasteiger partial charge in [0.25, 0.3) is 5.56 Å². The minimum absolute atomic E-state index is 0.248. The molecule has 3 aromatic heterocycles. The summed E-state index contributed by atoms with van der Waals surface area (Å²) in [6.07, 6.45) is 0. The summed E-state index contributed by atoms with van der Waals surface area (Å²) in [5.74, 6) is 1.68. The van der Waals surface area contributed by atoms with Crippen LogP contribution in [-0.4, -0.2) is 70.0 Å². The maximum atomic E-state index is 13.1. The third kappa shape index (κ3) is 3.50. The number of likely N-dealkylation sites (N-methyl/N-ethyl adjacent to an activating group) is 1. The molecule has 1 N–H and O–H groups in total. The van der Waals surface area contributed by atoms with Crippen LogP contribution in [0.1, 0.15) is 0 Å². The molecule has 164 valence electrons. The zero-order valence-electron chi connectivity index (χ0n) is 18.4. The number of piperazine rings is 1. The molecule has 1 aromatic carbocycles. The number of H-pyrrole nitrogens is 1. The van der Waals surface area contributed by atoms with Gasteiger partial charge in [-0.1, -0.05) is 30.3 Å². The first-order valence-corrected chi connectivity index (χ1v) is 10.6. The quantitative estimate of drug-likeness (QED) is 0.529. The fraction of sp³-hybridized carbons (Fsp3) is 0.304. The van der Waals surface area contributed by atoms with Gasteiger partial charge in [0.15, 0.2) is 5.65 Å². The minimum atomic E-state index is -0.248. The van der Waals surface area contributed by atoms with Crippen LogP contribution in [0.15, 0.2) is 47.3 Å². The van der Waals surface area contributed by atoms with E-state index in [1.165, 1.54) is 0 Å². The molecule has 0 spiro atoms. The molecular formula is C23H25N7O2. The topological polar surface area (TPSA) is 92.2 Å². The molecule has 1 saturated heterocycles. The molecule has 1 aliphatic rings. The molecule has 0 radical (unpaired) electrons. The Morgan fingerprint density at radius 2 is 1.72 bits per heavy atom. The highest BCUT2D eigenvalue weighted by Crippen LogP contribution is 2.30. The van der Waals surface area contributed by atoms with Gasteiger partial charge in [0, 0.05) is 38.8 Å². The lowest BCUT2D eigenvalue weighted by molar-refractivity contribution is 0.311. The zero-order chi connectivity index (χ0) is 22.2. The first-order chi connectivity index (χ1) is 15.5. The zero-order valence-corrected chi connectivity index (χ0v) is 18.4. The number of methoxy groups -OCH3 is 1. The first kappa shape index (κ1) is 20.2. The van der Waals surface area contributed by atoms with Crippen LogP contribution < -0.4 is 15.2 Å². The van der Waals surface area contributed by atoms with Crippen LogP contribution in [-0.2, 0) is 7.05 Å². The van der Waals surface area contributed by atoms with Gasteiger partial charge in [-0.25, -0.2) is 9.67 Å². The largest absolute Gasteiger partial charge is 0.480 e. The number of pyridine rings is 1. The second kappa shape index (κ2) is 8.08. The average molecular weight is 432 g/mol. The SMILES string of the molecule is COc1nc(N2CCN(C)CC2)ccc1-c1nc2c(c(-c3ccccc3)nn2C)c(=O)[nH]1. The third-order valence-electron chi connectivity index (χ3n) is 5.86. The van der Waals surface area contributed by atoms with E-state index in [9.17, 15) is 4.79 Å². The number of benzene rings is 1. The highest BCUT2D eigenvalue weighted by atomic mass is 16.5. The number of aromatic amines is 1. The van der Waals surface area contributed by atoms with E-state index < -0.39 is 0 Å². The van der Waals surface area contributed by atoms with E-state index in [0.29, 0.717) is 34.0 Å². The lowest BCUT2D eigenvalue weighted by Crippen LogP contribution is -2.44. The van der Waals surface area contributed by atoms with Gasteiger partial charge in [0.2, 0.25) is 5.88 Å². The van der Waals surface area contributed by atoms with Crippen LogP contribution in [0, 0.1) is 0 Å². The van der Waals surface area contributed by atoms with Gasteiger partial charge in [-0.3, -0.25) is 4.79 Å². The summed E-state index contributed by atoms with van der Waals surface area (Å²) in [6, 6.07) is 13.5. The second-order valence-electron chi connectivity index (χ2n) is 7.97. The number of fused-ring (bicyclic) bond motifs is 1. The van der Waals surface area contributed by atoms with Crippen LogP contribution in [0.2, 0.25) is 0 Å². The molecule has 1 aliphatic heterocycles. The lowest BCUT2D eigenvalue weighted by Gasteiger charge is -2.33. The van der Waals surface area contributed by atoms with Crippen molar-refractivity contribution >= 4 is 16.9 Å². The fourth-order valence-electron chi connectivity index (χ4n) is 4.06. The number of hydrogen-bond donors (Lipinski definition) is 1. The maximum absolute atomic E-state index is 13.1. The van der Waals surface area contributed by atoms with Gasteiger partial charge in [0.1, 0.15) is 22.7 Å². The molecule has 32 heavy (non-hydrogen) atoms. The Hall–Kier alpha value is -3.72. The van der Waals surface area contributed by atoms with E-state index in [1.54, 1.807) is 18.8 Å². The molecule has 9 heteroatoms. The van der Waals surface area contributed by atoms with Crippen molar-refractivity contribution in [2.24, 2.45) is 7.05 Å². The molecule has 0 unspecified atom stereocenters. The van der Waals surface area contributed by atoms with Crippen molar-refractivity contribution < 1.29 is 4.74 Å². The number of nitrogens with one attached hydrogen (secondary N) is 1. The number of aromatic nitrogens is 5. The predicted molar refractivity (Wildman–Crippen MR) is 124 cm³/mol. The Morgan fingerprint density at radius 1 is 0.969 bits per heavy atom. The van der Waals surface area contributed by atoms with E-state index >= 15 is 0 Å². The molecule has 5 rings (SSSR count). The van der Waals surface area contributed by atoms with Crippen LogP contribution in [0.25, 0.3) is 33.7 Å². The Kier molecular flexibility index (Phi) is 5.10. The lowest BCUT2D eigenvalue weighted by atomic mass is 10.1. The molecule has 0 aliphatic carbocycles. The summed E-state index contributed by atoms with van der Waals surface area (Å²) in [7, 11) is 5.49. The van der Waals surface area contributed by atoms with E-state index in [2.05, 4.69) is 26.9 Å². The molecule has 0 atom stereocenters. The summed E-state index contributed by atoms with van der Waals surface area (Å²) in [6.45, 7) is 3.79. The van der Waals surface area contributed by atoms with Crippen LogP contribution in [0.3, 0.4) is 0 Å². The highest BCUT2D eigenvalue weighted by Gasteiger charge is 2.21. The van der Waals surface area contributed by atoms with Gasteiger partial charge in [0.05, 0.1) is 12.7 Å². The second-order valence-corrected chi connectivity index (χ2v) is 7.97. The Balaban J connectivity index is 1.58. The van der Waals surface area contributed by atoms with Crippen molar-refractivity contribution in [3.8, 4) is 28.5 Å². The number of ether oxygens (including phenoxy) is 1. The Bertz CT molecular complexity index is 1320. The monoisotopic (exact) mass is 431 g/mol. The van der Waals surface area contributed by atoms with Gasteiger partial charge < -0.3 is 19.5 Å². The molecule has 4 heterocycles. The van der Waals surface area contributed by atoms with Crippen LogP contribution in [0.4, 0.5) is 5.82 Å². The number of nitrogens with zero attached hydrogens (tertiary/aromatic N) is 6. The van der Waals surface area contributed by atoms with E-state index in [-0.39, 0.29) is 5.56 Å². The Labute approximate surface area is 185 Å². The molecule has 4 aromatic rings. The highest BCUT2D eigenvalue weighted by molar-refractivity contribution is 5.91. The standard InChI is InChI=1S/C23H25N7O2/c1-28-11-13-30(14-12-28)17-10-9-16(23(24-17)32-3)20-25-21-18(22(31)26-20)19(27-29(21)2)15-7-5-4-6-8-15/h4-10H,11-14H2,1-3H3,(H,25,26,31). The fourth-order valence-corrected chi connectivity index (χ4v) is 4.06. The summed E-state index contributed by atoms with van der Waals surface area (Å²) < 4.78 is 7.21. The molecule has 9 nitrogen and oxygen atoms in total. The molecule has 0 saturated carbocycles. The van der Waals surface area contributed by atoms with Crippen LogP contribution in [0.5, 0.6) is 5.88 Å². The number of hydrogen-bond acceptors (Lipinski definition) is 7. The van der Waals surface area contributed by atoms with E-state index in [4.69, 9.17) is 14.7 Å². The summed E-state index contributed by atoms with van der Waals surface area (Å²) in [5.41, 5.74) is 2.37. The Morgan fingerprint density at radius 3 is 2.44 bits per heavy atom. The van der Waals surface area contributed by atoms with Gasteiger partial charge in [-0.15, -0.1) is 0 Å². The molecule has 0 bridgehead atoms. The van der Waals surface area contributed by atoms with Gasteiger partial charge in [-0.05, 0) is 19.2 Å². The van der Waals surface area contributed by atoms with Crippen molar-refractivity contribution in [2.45, 2.75) is 0 Å². The first-order valence-electron chi connectivity index (χ1n) is 10.6. The van der Waals surface area contributed by atoms with E-state index in [0.717, 1.165) is 37.6 Å². The smallest absolute Gasteiger partial charge is 0.262 e. The summed E-state index contributed by atoms with van der Waals surface area (Å²) in [4.78, 5) is 30.0. The van der Waals surface area contributed by atoms with Crippen molar-refractivity contribution in [1.82, 2.24) is 29.6 Å². The van der Waals surface area contributed by atoms with Crippen molar-refractivity contribution in [1.29, 1.82) is 0 Å². The van der Waals surface area contributed by atoms with Crippen molar-refractivity contribution in [3.63, 3.8) is 0 Å². The number of rotatable bonds is 4. The summed E-state index contributed by atoms with van der Waals surface area (Å²) in [5, 5.41) is 5.02. The van der Waals surface area contributed by atoms with Gasteiger partial charge in [-0.2, -0.15) is 10.1 Å². The third-order valence-corrected chi connectivity index (χ3v) is 5.86. The van der Waals surface area contributed by atoms with Crippen molar-refractivity contribution in [3.05, 3.63) is 52.8 Å². The average Bonchev–Trinajstić information content (AvgIpc) is 3.16. The normalized spacial score (nSPS) is 14.8. The predicted octanol–water partition coefficient (Wildman–Crippen LogP) is 2.15. The molecule has 0 amide bonds. The van der Waals surface area contributed by atoms with Crippen LogP contribution >= 0.6 is 0 Å². The number of aryl methyl sites for hydroxylation is 1. The van der Waals surface area contributed by atoms with E-state index in [1.807, 2.05) is 42.5 Å². The minimum Gasteiger partial charge on any atom is -0.480 e. The van der Waals surface area contributed by atoms with Gasteiger partial charge >= 0.3 is 0 Å².